The molecule has 0 bridgehead atoms. The number of carbonyl (C=O) groups is 1. The third-order valence-electron chi connectivity index (χ3n) is 3.25. The zero-order chi connectivity index (χ0) is 15.9. The number of fused-ring (bicyclic) bond motifs is 1. The molecule has 7 heteroatoms. The summed E-state index contributed by atoms with van der Waals surface area (Å²) in [6, 6.07) is 7.76. The Morgan fingerprint density at radius 1 is 1.41 bits per heavy atom. The first kappa shape index (κ1) is 15.8. The fourth-order valence-electron chi connectivity index (χ4n) is 2.00. The van der Waals surface area contributed by atoms with E-state index in [1.165, 1.54) is 11.9 Å². The Kier molecular flexibility index (Phi) is 5.37. The molecule has 7 nitrogen and oxygen atoms in total. The topological polar surface area (TPSA) is 101 Å². The number of benzene rings is 1. The van der Waals surface area contributed by atoms with E-state index in [-0.39, 0.29) is 0 Å². The summed E-state index contributed by atoms with van der Waals surface area (Å²) in [5, 5.41) is 12.9. The fourth-order valence-corrected chi connectivity index (χ4v) is 2.00. The first-order valence-corrected chi connectivity index (χ1v) is 6.98. The molecule has 4 N–H and O–H groups in total. The number of nitrogens with one attached hydrogen (secondary N) is 1. The molecule has 0 aliphatic heterocycles. The Bertz CT molecular complexity index is 648. The summed E-state index contributed by atoms with van der Waals surface area (Å²) in [6.07, 6.45) is 0.672. The third kappa shape index (κ3) is 3.98. The number of hydrogen-bond acceptors (Lipinski definition) is 5. The highest BCUT2D eigenvalue weighted by molar-refractivity contribution is 5.96. The van der Waals surface area contributed by atoms with Gasteiger partial charge in [-0.15, -0.1) is 0 Å². The molecule has 0 fully saturated rings. The standard InChI is InChI=1S/C15H20N4O3/c1-19(15(20)21)7-9-22-8-6-17-14-11-4-2-3-5-13(11)18-10-12(14)16/h2-5,10H,6-9,16H2,1H3,(H,17,18)(H,20,21). The van der Waals surface area contributed by atoms with Crippen molar-refractivity contribution in [2.24, 2.45) is 0 Å². The largest absolute Gasteiger partial charge is 0.465 e. The van der Waals surface area contributed by atoms with Gasteiger partial charge in [0.25, 0.3) is 0 Å². The molecule has 0 aliphatic rings. The van der Waals surface area contributed by atoms with Gasteiger partial charge in [-0.25, -0.2) is 4.79 Å². The van der Waals surface area contributed by atoms with Crippen molar-refractivity contribution in [3.8, 4) is 0 Å². The molecule has 1 heterocycles. The molecule has 0 spiro atoms. The van der Waals surface area contributed by atoms with Crippen LogP contribution in [0.4, 0.5) is 16.2 Å². The minimum absolute atomic E-state index is 0.343. The second-order valence-electron chi connectivity index (χ2n) is 4.85. The Hall–Kier alpha value is -2.54. The zero-order valence-corrected chi connectivity index (χ0v) is 12.5. The first-order valence-electron chi connectivity index (χ1n) is 6.98. The van der Waals surface area contributed by atoms with Crippen LogP contribution in [0.25, 0.3) is 10.9 Å². The number of nitrogen functional groups attached to an aromatic ring is 1. The van der Waals surface area contributed by atoms with Crippen molar-refractivity contribution >= 4 is 28.4 Å². The van der Waals surface area contributed by atoms with Gasteiger partial charge in [-0.05, 0) is 6.07 Å². The Balaban J connectivity index is 1.83. The summed E-state index contributed by atoms with van der Waals surface area (Å²) in [6.45, 7) is 1.74. The lowest BCUT2D eigenvalue weighted by molar-refractivity contribution is 0.108. The average Bonchev–Trinajstić information content (AvgIpc) is 2.52. The molecule has 1 aromatic heterocycles. The minimum Gasteiger partial charge on any atom is -0.465 e. The summed E-state index contributed by atoms with van der Waals surface area (Å²) in [4.78, 5) is 16.1. The number of aromatic nitrogens is 1. The second-order valence-corrected chi connectivity index (χ2v) is 4.85. The van der Waals surface area contributed by atoms with E-state index in [2.05, 4.69) is 10.3 Å². The van der Waals surface area contributed by atoms with Crippen molar-refractivity contribution < 1.29 is 14.6 Å². The predicted molar refractivity (Wildman–Crippen MR) is 86.1 cm³/mol. The van der Waals surface area contributed by atoms with Gasteiger partial charge in [0.15, 0.2) is 0 Å². The van der Waals surface area contributed by atoms with Gasteiger partial charge in [0, 0.05) is 25.5 Å². The summed E-state index contributed by atoms with van der Waals surface area (Å²) >= 11 is 0. The van der Waals surface area contributed by atoms with Crippen molar-refractivity contribution in [3.05, 3.63) is 30.5 Å². The van der Waals surface area contributed by atoms with E-state index in [1.807, 2.05) is 24.3 Å². The van der Waals surface area contributed by atoms with Crippen molar-refractivity contribution in [1.82, 2.24) is 9.88 Å². The number of anilines is 2. The van der Waals surface area contributed by atoms with Crippen LogP contribution >= 0.6 is 0 Å². The molecule has 0 radical (unpaired) electrons. The van der Waals surface area contributed by atoms with Crippen molar-refractivity contribution in [2.45, 2.75) is 0 Å². The lowest BCUT2D eigenvalue weighted by Crippen LogP contribution is -2.28. The average molecular weight is 304 g/mol. The van der Waals surface area contributed by atoms with E-state index in [9.17, 15) is 4.79 Å². The Morgan fingerprint density at radius 2 is 2.18 bits per heavy atom. The molecule has 0 atom stereocenters. The molecule has 0 saturated heterocycles. The van der Waals surface area contributed by atoms with Crippen molar-refractivity contribution in [1.29, 1.82) is 0 Å². The molecule has 118 valence electrons. The van der Waals surface area contributed by atoms with Gasteiger partial charge >= 0.3 is 6.09 Å². The summed E-state index contributed by atoms with van der Waals surface area (Å²) in [5.41, 5.74) is 8.27. The molecular weight excluding hydrogens is 284 g/mol. The van der Waals surface area contributed by atoms with Gasteiger partial charge in [-0.1, -0.05) is 18.2 Å². The first-order chi connectivity index (χ1) is 10.6. The van der Waals surface area contributed by atoms with Crippen LogP contribution in [0.1, 0.15) is 0 Å². The van der Waals surface area contributed by atoms with Crippen LogP contribution in [-0.4, -0.2) is 54.4 Å². The van der Waals surface area contributed by atoms with Crippen LogP contribution in [0.3, 0.4) is 0 Å². The van der Waals surface area contributed by atoms with E-state index in [0.717, 1.165) is 16.6 Å². The molecule has 0 unspecified atom stereocenters. The number of ether oxygens (including phenoxy) is 1. The highest BCUT2D eigenvalue weighted by Gasteiger charge is 2.06. The number of hydrogen-bond donors (Lipinski definition) is 3. The summed E-state index contributed by atoms with van der Waals surface area (Å²) in [5.74, 6) is 0. The monoisotopic (exact) mass is 304 g/mol. The smallest absolute Gasteiger partial charge is 0.407 e. The number of pyridine rings is 1. The third-order valence-corrected chi connectivity index (χ3v) is 3.25. The maximum absolute atomic E-state index is 10.6. The SMILES string of the molecule is CN(CCOCCNc1c(N)cnc2ccccc12)C(=O)O. The quantitative estimate of drug-likeness (QED) is 0.675. The Labute approximate surface area is 128 Å². The maximum atomic E-state index is 10.6. The van der Waals surface area contributed by atoms with E-state index < -0.39 is 6.09 Å². The van der Waals surface area contributed by atoms with Crippen LogP contribution in [-0.2, 0) is 4.74 Å². The fraction of sp³-hybridized carbons (Fsp3) is 0.333. The van der Waals surface area contributed by atoms with Crippen LogP contribution < -0.4 is 11.1 Å². The van der Waals surface area contributed by atoms with E-state index >= 15 is 0 Å². The lowest BCUT2D eigenvalue weighted by atomic mass is 10.1. The van der Waals surface area contributed by atoms with Gasteiger partial charge < -0.3 is 25.8 Å². The number of para-hydroxylation sites is 1. The maximum Gasteiger partial charge on any atom is 0.407 e. The molecule has 0 saturated carbocycles. The van der Waals surface area contributed by atoms with E-state index in [4.69, 9.17) is 15.6 Å². The molecule has 1 amide bonds. The van der Waals surface area contributed by atoms with Gasteiger partial charge in [-0.2, -0.15) is 0 Å². The van der Waals surface area contributed by atoms with Crippen LogP contribution in [0.15, 0.2) is 30.5 Å². The summed E-state index contributed by atoms with van der Waals surface area (Å²) < 4.78 is 5.40. The number of nitrogens with zero attached hydrogens (tertiary/aromatic N) is 2. The van der Waals surface area contributed by atoms with Crippen LogP contribution in [0.5, 0.6) is 0 Å². The summed E-state index contributed by atoms with van der Waals surface area (Å²) in [7, 11) is 1.51. The van der Waals surface area contributed by atoms with Gasteiger partial charge in [-0.3, -0.25) is 4.98 Å². The molecule has 2 rings (SSSR count). The van der Waals surface area contributed by atoms with Gasteiger partial charge in [0.1, 0.15) is 0 Å². The van der Waals surface area contributed by atoms with Crippen LogP contribution in [0.2, 0.25) is 0 Å². The predicted octanol–water partition coefficient (Wildman–Crippen LogP) is 1.86. The van der Waals surface area contributed by atoms with Gasteiger partial charge in [0.05, 0.1) is 36.3 Å². The van der Waals surface area contributed by atoms with Crippen molar-refractivity contribution in [3.63, 3.8) is 0 Å². The number of likely N-dealkylation sites (N-methyl/N-ethyl adjacent to an activating group) is 1. The second kappa shape index (κ2) is 7.46. The highest BCUT2D eigenvalue weighted by Crippen LogP contribution is 2.27. The normalized spacial score (nSPS) is 10.6. The van der Waals surface area contributed by atoms with Crippen molar-refractivity contribution in [2.75, 3.05) is 44.4 Å². The molecule has 22 heavy (non-hydrogen) atoms. The number of amides is 1. The lowest BCUT2D eigenvalue weighted by Gasteiger charge is -2.14. The molecular formula is C15H20N4O3. The number of rotatable bonds is 7. The van der Waals surface area contributed by atoms with Crippen LogP contribution in [0, 0.1) is 0 Å². The zero-order valence-electron chi connectivity index (χ0n) is 12.5. The molecule has 1 aromatic carbocycles. The number of nitrogens with two attached hydrogens (primary N) is 1. The van der Waals surface area contributed by atoms with E-state index in [1.54, 1.807) is 6.20 Å². The number of carboxylic acid groups (broad SMARTS) is 1. The highest BCUT2D eigenvalue weighted by atomic mass is 16.5. The van der Waals surface area contributed by atoms with E-state index in [0.29, 0.717) is 32.0 Å². The minimum atomic E-state index is -0.960. The Morgan fingerprint density at radius 3 is 2.95 bits per heavy atom. The molecule has 0 aliphatic carbocycles. The van der Waals surface area contributed by atoms with Gasteiger partial charge in [0.2, 0.25) is 0 Å². The molecule has 2 aromatic rings.